The number of fused-ring (bicyclic) bond motifs is 1. The molecule has 2 aromatic rings. The third kappa shape index (κ3) is 0.884. The summed E-state index contributed by atoms with van der Waals surface area (Å²) in [7, 11) is 3.46. The van der Waals surface area contributed by atoms with E-state index in [9.17, 15) is 4.79 Å². The molecule has 4 nitrogen and oxygen atoms in total. The van der Waals surface area contributed by atoms with Crippen LogP contribution in [-0.4, -0.2) is 9.13 Å². The Morgan fingerprint density at radius 3 is 2.54 bits per heavy atom. The van der Waals surface area contributed by atoms with E-state index < -0.39 is 0 Å². The molecular formula is C9H11N3O. The lowest BCUT2D eigenvalue weighted by Gasteiger charge is -1.97. The van der Waals surface area contributed by atoms with E-state index >= 15 is 0 Å². The van der Waals surface area contributed by atoms with Crippen molar-refractivity contribution in [2.45, 2.75) is 0 Å². The van der Waals surface area contributed by atoms with Crippen LogP contribution < -0.4 is 11.4 Å². The number of anilines is 1. The molecule has 0 amide bonds. The number of nitrogens with zero attached hydrogens (tertiary/aromatic N) is 2. The molecule has 0 spiro atoms. The highest BCUT2D eigenvalue weighted by molar-refractivity contribution is 5.87. The van der Waals surface area contributed by atoms with Crippen molar-refractivity contribution < 1.29 is 0 Å². The van der Waals surface area contributed by atoms with Crippen LogP contribution in [0.3, 0.4) is 0 Å². The molecule has 0 radical (unpaired) electrons. The maximum absolute atomic E-state index is 11.5. The van der Waals surface area contributed by atoms with E-state index in [1.807, 2.05) is 12.1 Å². The van der Waals surface area contributed by atoms with Gasteiger partial charge in [0.25, 0.3) is 0 Å². The highest BCUT2D eigenvalue weighted by Gasteiger charge is 2.08. The summed E-state index contributed by atoms with van der Waals surface area (Å²) in [5.41, 5.74) is 8.02. The molecule has 0 aliphatic rings. The van der Waals surface area contributed by atoms with Crippen LogP contribution in [-0.2, 0) is 14.1 Å². The normalized spacial score (nSPS) is 10.9. The molecule has 0 saturated carbocycles. The van der Waals surface area contributed by atoms with Crippen molar-refractivity contribution in [3.8, 4) is 0 Å². The van der Waals surface area contributed by atoms with Crippen LogP contribution in [0.4, 0.5) is 5.69 Å². The van der Waals surface area contributed by atoms with Gasteiger partial charge in [0.1, 0.15) is 0 Å². The molecule has 1 aromatic carbocycles. The van der Waals surface area contributed by atoms with Gasteiger partial charge in [0, 0.05) is 14.1 Å². The quantitative estimate of drug-likeness (QED) is 0.594. The van der Waals surface area contributed by atoms with E-state index in [-0.39, 0.29) is 5.69 Å². The standard InChI is InChI=1S/C9H11N3O/c1-11-7-5-3-4-6(10)8(7)12(2)9(11)13/h3-5H,10H2,1-2H3. The molecule has 0 atom stereocenters. The Hall–Kier alpha value is -1.71. The lowest BCUT2D eigenvalue weighted by atomic mass is 10.3. The molecule has 68 valence electrons. The molecule has 4 heteroatoms. The van der Waals surface area contributed by atoms with Gasteiger partial charge in [-0.15, -0.1) is 0 Å². The number of benzene rings is 1. The first kappa shape index (κ1) is 7.91. The van der Waals surface area contributed by atoms with Crippen LogP contribution in [0.1, 0.15) is 0 Å². The van der Waals surface area contributed by atoms with Gasteiger partial charge in [0.05, 0.1) is 16.7 Å². The average molecular weight is 177 g/mol. The Balaban J connectivity index is 3.12. The molecule has 2 N–H and O–H groups in total. The lowest BCUT2D eigenvalue weighted by molar-refractivity contribution is 0.795. The van der Waals surface area contributed by atoms with E-state index in [4.69, 9.17) is 5.73 Å². The summed E-state index contributed by atoms with van der Waals surface area (Å²) in [5, 5.41) is 0. The number of nitrogen functional groups attached to an aromatic ring is 1. The number of aryl methyl sites for hydroxylation is 2. The highest BCUT2D eigenvalue weighted by Crippen LogP contribution is 2.17. The van der Waals surface area contributed by atoms with Gasteiger partial charge in [-0.1, -0.05) is 6.07 Å². The fraction of sp³-hybridized carbons (Fsp3) is 0.222. The first-order valence-corrected chi connectivity index (χ1v) is 4.03. The second kappa shape index (κ2) is 2.39. The van der Waals surface area contributed by atoms with Crippen LogP contribution in [0.25, 0.3) is 11.0 Å². The zero-order valence-electron chi connectivity index (χ0n) is 7.61. The minimum Gasteiger partial charge on any atom is -0.397 e. The molecule has 13 heavy (non-hydrogen) atoms. The third-order valence-corrected chi connectivity index (χ3v) is 2.32. The van der Waals surface area contributed by atoms with Crippen LogP contribution >= 0.6 is 0 Å². The van der Waals surface area contributed by atoms with E-state index in [2.05, 4.69) is 0 Å². The SMILES string of the molecule is Cn1c(=O)n(C)c2c(N)cccc21. The Morgan fingerprint density at radius 2 is 1.92 bits per heavy atom. The second-order valence-corrected chi connectivity index (χ2v) is 3.12. The number of nitrogens with two attached hydrogens (primary N) is 1. The first-order valence-electron chi connectivity index (χ1n) is 4.03. The zero-order valence-corrected chi connectivity index (χ0v) is 7.61. The van der Waals surface area contributed by atoms with Gasteiger partial charge in [0.2, 0.25) is 0 Å². The van der Waals surface area contributed by atoms with Crippen molar-refractivity contribution >= 4 is 16.7 Å². The fourth-order valence-corrected chi connectivity index (χ4v) is 1.61. The Morgan fingerprint density at radius 1 is 1.23 bits per heavy atom. The minimum absolute atomic E-state index is 0.0482. The number of imidazole rings is 1. The number of rotatable bonds is 0. The molecule has 0 saturated heterocycles. The van der Waals surface area contributed by atoms with Crippen LogP contribution in [0.2, 0.25) is 0 Å². The predicted molar refractivity (Wildman–Crippen MR) is 52.6 cm³/mol. The van der Waals surface area contributed by atoms with Gasteiger partial charge in [-0.25, -0.2) is 4.79 Å². The van der Waals surface area contributed by atoms with Crippen molar-refractivity contribution in [2.75, 3.05) is 5.73 Å². The second-order valence-electron chi connectivity index (χ2n) is 3.12. The summed E-state index contributed by atoms with van der Waals surface area (Å²) in [4.78, 5) is 11.5. The van der Waals surface area contributed by atoms with E-state index in [0.29, 0.717) is 5.69 Å². The lowest BCUT2D eigenvalue weighted by Crippen LogP contribution is -2.19. The van der Waals surface area contributed by atoms with Crippen molar-refractivity contribution in [3.63, 3.8) is 0 Å². The summed E-state index contributed by atoms with van der Waals surface area (Å²) >= 11 is 0. The summed E-state index contributed by atoms with van der Waals surface area (Å²) in [5.74, 6) is 0. The summed E-state index contributed by atoms with van der Waals surface area (Å²) in [6.07, 6.45) is 0. The average Bonchev–Trinajstić information content (AvgIpc) is 2.33. The maximum atomic E-state index is 11.5. The maximum Gasteiger partial charge on any atom is 0.328 e. The van der Waals surface area contributed by atoms with Crippen molar-refractivity contribution in [1.82, 2.24) is 9.13 Å². The van der Waals surface area contributed by atoms with Crippen LogP contribution in [0.15, 0.2) is 23.0 Å². The first-order chi connectivity index (χ1) is 6.13. The van der Waals surface area contributed by atoms with Crippen molar-refractivity contribution in [3.05, 3.63) is 28.7 Å². The molecule has 0 fully saturated rings. The van der Waals surface area contributed by atoms with E-state index in [0.717, 1.165) is 11.0 Å². The topological polar surface area (TPSA) is 53.0 Å². The van der Waals surface area contributed by atoms with Gasteiger partial charge >= 0.3 is 5.69 Å². The van der Waals surface area contributed by atoms with Crippen LogP contribution in [0.5, 0.6) is 0 Å². The minimum atomic E-state index is -0.0482. The highest BCUT2D eigenvalue weighted by atomic mass is 16.1. The zero-order chi connectivity index (χ0) is 9.59. The molecule has 0 aliphatic carbocycles. The fourth-order valence-electron chi connectivity index (χ4n) is 1.61. The van der Waals surface area contributed by atoms with E-state index in [1.165, 1.54) is 0 Å². The number of hydrogen-bond donors (Lipinski definition) is 1. The Kier molecular flexibility index (Phi) is 1.45. The van der Waals surface area contributed by atoms with Gasteiger partial charge in [-0.05, 0) is 12.1 Å². The largest absolute Gasteiger partial charge is 0.397 e. The van der Waals surface area contributed by atoms with Gasteiger partial charge in [-0.3, -0.25) is 9.13 Å². The van der Waals surface area contributed by atoms with Gasteiger partial charge in [0.15, 0.2) is 0 Å². The molecule has 2 rings (SSSR count). The smallest absolute Gasteiger partial charge is 0.328 e. The molecule has 1 heterocycles. The third-order valence-electron chi connectivity index (χ3n) is 2.32. The monoisotopic (exact) mass is 177 g/mol. The van der Waals surface area contributed by atoms with Gasteiger partial charge in [-0.2, -0.15) is 0 Å². The van der Waals surface area contributed by atoms with Gasteiger partial charge < -0.3 is 5.73 Å². The van der Waals surface area contributed by atoms with E-state index in [1.54, 1.807) is 29.3 Å². The van der Waals surface area contributed by atoms with Crippen molar-refractivity contribution in [1.29, 1.82) is 0 Å². The molecule has 0 bridgehead atoms. The summed E-state index contributed by atoms with van der Waals surface area (Å²) in [6.45, 7) is 0. The number of hydrogen-bond acceptors (Lipinski definition) is 2. The predicted octanol–water partition coefficient (Wildman–Crippen LogP) is 0.459. The summed E-state index contributed by atoms with van der Waals surface area (Å²) in [6, 6.07) is 5.52. The molecule has 1 aromatic heterocycles. The molecular weight excluding hydrogens is 166 g/mol. The number of aromatic nitrogens is 2. The Labute approximate surface area is 75.2 Å². The summed E-state index contributed by atoms with van der Waals surface area (Å²) < 4.78 is 3.15. The molecule has 0 unspecified atom stereocenters. The van der Waals surface area contributed by atoms with Crippen molar-refractivity contribution in [2.24, 2.45) is 14.1 Å². The van der Waals surface area contributed by atoms with Crippen LogP contribution in [0, 0.1) is 0 Å². The molecule has 0 aliphatic heterocycles. The Bertz CT molecular complexity index is 521. The number of para-hydroxylation sites is 1.